The van der Waals surface area contributed by atoms with Crippen LogP contribution in [0.15, 0.2) is 67.0 Å². The van der Waals surface area contributed by atoms with Crippen LogP contribution in [0.25, 0.3) is 5.69 Å². The van der Waals surface area contributed by atoms with Gasteiger partial charge in [0.25, 0.3) is 0 Å². The summed E-state index contributed by atoms with van der Waals surface area (Å²) in [6.45, 7) is 3.88. The largest absolute Gasteiger partial charge is 0.331 e. The molecule has 7 heteroatoms. The molecule has 0 unspecified atom stereocenters. The predicted molar refractivity (Wildman–Crippen MR) is 118 cm³/mol. The summed E-state index contributed by atoms with van der Waals surface area (Å²) in [7, 11) is 1.78. The van der Waals surface area contributed by atoms with E-state index < -0.39 is 0 Å². The van der Waals surface area contributed by atoms with Crippen LogP contribution in [0, 0.1) is 13.8 Å². The number of imidazole rings is 1. The zero-order valence-corrected chi connectivity index (χ0v) is 17.7. The molecule has 0 atom stereocenters. The molecular formula is C24H23N5O2. The Labute approximate surface area is 180 Å². The molecule has 156 valence electrons. The van der Waals surface area contributed by atoms with Crippen LogP contribution in [0.4, 0.5) is 5.69 Å². The molecule has 4 aromatic rings. The lowest BCUT2D eigenvalue weighted by molar-refractivity contribution is -0.115. The third kappa shape index (κ3) is 4.16. The lowest BCUT2D eigenvalue weighted by atomic mass is 10.1. The smallest absolute Gasteiger partial charge is 0.228 e. The molecule has 1 amide bonds. The molecule has 0 saturated carbocycles. The second-order valence-corrected chi connectivity index (χ2v) is 7.39. The second-order valence-electron chi connectivity index (χ2n) is 7.39. The van der Waals surface area contributed by atoms with Gasteiger partial charge in [-0.2, -0.15) is 5.10 Å². The molecule has 0 radical (unpaired) electrons. The molecule has 0 aliphatic heterocycles. The highest BCUT2D eigenvalue weighted by atomic mass is 16.1. The zero-order chi connectivity index (χ0) is 22.0. The Morgan fingerprint density at radius 1 is 1.00 bits per heavy atom. The van der Waals surface area contributed by atoms with E-state index >= 15 is 0 Å². The van der Waals surface area contributed by atoms with Crippen LogP contribution < -0.4 is 5.32 Å². The fourth-order valence-electron chi connectivity index (χ4n) is 3.54. The first kappa shape index (κ1) is 20.3. The van der Waals surface area contributed by atoms with Gasteiger partial charge in [0.15, 0.2) is 5.82 Å². The van der Waals surface area contributed by atoms with Crippen molar-refractivity contribution in [3.05, 3.63) is 95.3 Å². The van der Waals surface area contributed by atoms with Crippen LogP contribution in [-0.2, 0) is 18.3 Å². The minimum absolute atomic E-state index is 0.137. The van der Waals surface area contributed by atoms with E-state index in [2.05, 4.69) is 15.4 Å². The third-order valence-corrected chi connectivity index (χ3v) is 5.23. The van der Waals surface area contributed by atoms with Gasteiger partial charge < -0.3 is 9.88 Å². The zero-order valence-electron chi connectivity index (χ0n) is 17.7. The molecule has 0 fully saturated rings. The number of aromatic nitrogens is 4. The summed E-state index contributed by atoms with van der Waals surface area (Å²) < 4.78 is 3.54. The number of ketones is 1. The number of rotatable bonds is 6. The fourth-order valence-corrected chi connectivity index (χ4v) is 3.54. The number of benzene rings is 2. The Hall–Kier alpha value is -4.00. The van der Waals surface area contributed by atoms with Crippen LogP contribution in [0.1, 0.15) is 33.1 Å². The summed E-state index contributed by atoms with van der Waals surface area (Å²) in [5, 5.41) is 7.49. The molecule has 7 nitrogen and oxygen atoms in total. The Kier molecular flexibility index (Phi) is 5.49. The van der Waals surface area contributed by atoms with Gasteiger partial charge in [-0.3, -0.25) is 9.59 Å². The fraction of sp³-hybridized carbons (Fsp3) is 0.167. The Morgan fingerprint density at radius 2 is 1.71 bits per heavy atom. The number of carbonyl (C=O) groups is 2. The van der Waals surface area contributed by atoms with E-state index in [1.165, 1.54) is 0 Å². The summed E-state index contributed by atoms with van der Waals surface area (Å²) in [5.74, 6) is 0.0742. The first-order valence-electron chi connectivity index (χ1n) is 9.96. The van der Waals surface area contributed by atoms with Crippen LogP contribution in [-0.4, -0.2) is 31.0 Å². The first-order valence-corrected chi connectivity index (χ1v) is 9.96. The highest BCUT2D eigenvalue weighted by Crippen LogP contribution is 2.19. The standard InChI is InChI=1S/C24H23N5O2/c1-16-21(17(2)29(27-16)20-7-5-4-6-8-20)15-22(30)26-19-11-9-18(10-12-19)23(31)24-25-13-14-28(24)3/h4-14H,15H2,1-3H3,(H,26,30). The Bertz CT molecular complexity index is 1240. The topological polar surface area (TPSA) is 81.8 Å². The van der Waals surface area contributed by atoms with Gasteiger partial charge >= 0.3 is 0 Å². The summed E-state index contributed by atoms with van der Waals surface area (Å²) in [5.41, 5.74) is 4.78. The van der Waals surface area contributed by atoms with Gasteiger partial charge in [-0.05, 0) is 50.2 Å². The minimum Gasteiger partial charge on any atom is -0.331 e. The molecular weight excluding hydrogens is 390 g/mol. The van der Waals surface area contributed by atoms with Crippen molar-refractivity contribution in [3.63, 3.8) is 0 Å². The lowest BCUT2D eigenvalue weighted by Crippen LogP contribution is -2.15. The molecule has 0 saturated heterocycles. The molecule has 0 spiro atoms. The molecule has 2 aromatic heterocycles. The quantitative estimate of drug-likeness (QED) is 0.490. The minimum atomic E-state index is -0.162. The highest BCUT2D eigenvalue weighted by Gasteiger charge is 2.17. The Morgan fingerprint density at radius 3 is 2.35 bits per heavy atom. The van der Waals surface area contributed by atoms with Crippen molar-refractivity contribution in [2.24, 2.45) is 7.05 Å². The molecule has 0 aliphatic rings. The summed E-state index contributed by atoms with van der Waals surface area (Å²) >= 11 is 0. The van der Waals surface area contributed by atoms with Crippen molar-refractivity contribution in [1.82, 2.24) is 19.3 Å². The van der Waals surface area contributed by atoms with Crippen LogP contribution in [0.5, 0.6) is 0 Å². The molecule has 1 N–H and O–H groups in total. The molecule has 4 rings (SSSR count). The third-order valence-electron chi connectivity index (χ3n) is 5.23. The number of carbonyl (C=O) groups excluding carboxylic acids is 2. The van der Waals surface area contributed by atoms with Crippen molar-refractivity contribution < 1.29 is 9.59 Å². The number of anilines is 1. The summed E-state index contributed by atoms with van der Waals surface area (Å²) in [4.78, 5) is 29.3. The molecule has 0 aliphatic carbocycles. The van der Waals surface area contributed by atoms with E-state index in [1.54, 1.807) is 48.3 Å². The van der Waals surface area contributed by atoms with Crippen LogP contribution in [0.3, 0.4) is 0 Å². The maximum atomic E-state index is 12.7. The maximum Gasteiger partial charge on any atom is 0.228 e. The normalized spacial score (nSPS) is 10.8. The van der Waals surface area contributed by atoms with Crippen molar-refractivity contribution >= 4 is 17.4 Å². The van der Waals surface area contributed by atoms with Gasteiger partial charge in [0, 0.05) is 41.9 Å². The number of para-hydroxylation sites is 1. The number of nitrogens with one attached hydrogen (secondary N) is 1. The van der Waals surface area contributed by atoms with Gasteiger partial charge in [0.2, 0.25) is 11.7 Å². The monoisotopic (exact) mass is 413 g/mol. The number of amides is 1. The van der Waals surface area contributed by atoms with Crippen molar-refractivity contribution in [2.45, 2.75) is 20.3 Å². The van der Waals surface area contributed by atoms with Crippen LogP contribution >= 0.6 is 0 Å². The van der Waals surface area contributed by atoms with Gasteiger partial charge in [0.05, 0.1) is 17.8 Å². The molecule has 2 heterocycles. The van der Waals surface area contributed by atoms with E-state index in [-0.39, 0.29) is 18.1 Å². The molecule has 0 bridgehead atoms. The van der Waals surface area contributed by atoms with E-state index in [1.807, 2.05) is 48.9 Å². The first-order chi connectivity index (χ1) is 14.9. The lowest BCUT2D eigenvalue weighted by Gasteiger charge is -2.08. The van der Waals surface area contributed by atoms with Crippen LogP contribution in [0.2, 0.25) is 0 Å². The van der Waals surface area contributed by atoms with Gasteiger partial charge in [-0.15, -0.1) is 0 Å². The average molecular weight is 413 g/mol. The number of hydrogen-bond donors (Lipinski definition) is 1. The van der Waals surface area contributed by atoms with E-state index in [0.29, 0.717) is 17.1 Å². The maximum absolute atomic E-state index is 12.7. The van der Waals surface area contributed by atoms with Crippen molar-refractivity contribution in [1.29, 1.82) is 0 Å². The van der Waals surface area contributed by atoms with Crippen molar-refractivity contribution in [2.75, 3.05) is 5.32 Å². The van der Waals surface area contributed by atoms with Crippen molar-refractivity contribution in [3.8, 4) is 5.69 Å². The van der Waals surface area contributed by atoms with E-state index in [0.717, 1.165) is 22.6 Å². The number of nitrogens with zero attached hydrogens (tertiary/aromatic N) is 4. The second kappa shape index (κ2) is 8.39. The predicted octanol–water partition coefficient (Wildman–Crippen LogP) is 3.63. The Balaban J connectivity index is 1.45. The number of aryl methyl sites for hydroxylation is 2. The van der Waals surface area contributed by atoms with E-state index in [4.69, 9.17) is 0 Å². The number of hydrogen-bond acceptors (Lipinski definition) is 4. The summed E-state index contributed by atoms with van der Waals surface area (Å²) in [6, 6.07) is 16.7. The average Bonchev–Trinajstić information content (AvgIpc) is 3.32. The summed E-state index contributed by atoms with van der Waals surface area (Å²) in [6.07, 6.45) is 3.54. The van der Waals surface area contributed by atoms with E-state index in [9.17, 15) is 9.59 Å². The van der Waals surface area contributed by atoms with Gasteiger partial charge in [-0.1, -0.05) is 18.2 Å². The van der Waals surface area contributed by atoms with Gasteiger partial charge in [-0.25, -0.2) is 9.67 Å². The highest BCUT2D eigenvalue weighted by molar-refractivity contribution is 6.07. The SMILES string of the molecule is Cc1nn(-c2ccccc2)c(C)c1CC(=O)Nc1ccc(C(=O)c2nccn2C)cc1. The molecule has 31 heavy (non-hydrogen) atoms. The molecule has 2 aromatic carbocycles. The van der Waals surface area contributed by atoms with Gasteiger partial charge in [0.1, 0.15) is 0 Å².